The van der Waals surface area contributed by atoms with Gasteiger partial charge in [-0.15, -0.1) is 0 Å². The number of ether oxygens (including phenoxy) is 3. The lowest BCUT2D eigenvalue weighted by atomic mass is 9.87. The maximum absolute atomic E-state index is 11.6. The van der Waals surface area contributed by atoms with Crippen molar-refractivity contribution in [2.24, 2.45) is 0 Å². The van der Waals surface area contributed by atoms with Gasteiger partial charge >= 0.3 is 6.16 Å². The largest absolute Gasteiger partial charge is 0.509 e. The first-order valence-corrected chi connectivity index (χ1v) is 8.97. The quantitative estimate of drug-likeness (QED) is 0.688. The third kappa shape index (κ3) is 2.32. The Labute approximate surface area is 152 Å². The summed E-state index contributed by atoms with van der Waals surface area (Å²) in [5.41, 5.74) is 5.28. The van der Waals surface area contributed by atoms with E-state index in [-0.39, 0.29) is 5.92 Å². The van der Waals surface area contributed by atoms with Crippen LogP contribution in [-0.4, -0.2) is 18.4 Å². The summed E-state index contributed by atoms with van der Waals surface area (Å²) in [5, 5.41) is 0. The van der Waals surface area contributed by atoms with Crippen molar-refractivity contribution in [1.29, 1.82) is 0 Å². The van der Waals surface area contributed by atoms with Crippen LogP contribution in [0.3, 0.4) is 0 Å². The van der Waals surface area contributed by atoms with E-state index < -0.39 is 11.8 Å². The Morgan fingerprint density at radius 1 is 1.04 bits per heavy atom. The zero-order valence-electron chi connectivity index (χ0n) is 14.9. The van der Waals surface area contributed by atoms with E-state index in [1.807, 2.05) is 6.07 Å². The van der Waals surface area contributed by atoms with Crippen LogP contribution < -0.4 is 4.74 Å². The van der Waals surface area contributed by atoms with E-state index in [2.05, 4.69) is 50.2 Å². The lowest BCUT2D eigenvalue weighted by molar-refractivity contribution is 0.0630. The number of cyclic esters (lactones) is 1. The predicted octanol–water partition coefficient (Wildman–Crippen LogP) is 4.89. The zero-order valence-corrected chi connectivity index (χ0v) is 14.9. The zero-order chi connectivity index (χ0) is 17.9. The topological polar surface area (TPSA) is 44.8 Å². The molecule has 2 aromatic carbocycles. The molecule has 2 heterocycles. The number of rotatable bonds is 1. The van der Waals surface area contributed by atoms with Crippen molar-refractivity contribution < 1.29 is 19.0 Å². The molecule has 2 fully saturated rings. The normalized spacial score (nSPS) is 26.2. The first-order chi connectivity index (χ1) is 12.5. The van der Waals surface area contributed by atoms with Crippen LogP contribution in [0.5, 0.6) is 5.75 Å². The Morgan fingerprint density at radius 3 is 2.54 bits per heavy atom. The van der Waals surface area contributed by atoms with Crippen molar-refractivity contribution in [2.45, 2.75) is 38.2 Å². The number of benzene rings is 2. The molecule has 0 bridgehead atoms. The van der Waals surface area contributed by atoms with Gasteiger partial charge in [0, 0.05) is 29.9 Å². The Hall–Kier alpha value is -2.75. The molecule has 0 amide bonds. The molecule has 2 aliphatic heterocycles. The first-order valence-electron chi connectivity index (χ1n) is 8.97. The lowest BCUT2D eigenvalue weighted by Crippen LogP contribution is -2.27. The summed E-state index contributed by atoms with van der Waals surface area (Å²) in [4.78, 5) is 11.6. The Kier molecular flexibility index (Phi) is 3.20. The van der Waals surface area contributed by atoms with Gasteiger partial charge in [-0.1, -0.05) is 47.5 Å². The molecule has 4 heteroatoms. The number of aryl methyl sites for hydroxylation is 2. The molecule has 132 valence electrons. The van der Waals surface area contributed by atoms with E-state index in [0.717, 1.165) is 23.5 Å². The van der Waals surface area contributed by atoms with Crippen LogP contribution in [0, 0.1) is 13.8 Å². The summed E-state index contributed by atoms with van der Waals surface area (Å²) in [5.74, 6) is 1.97. The van der Waals surface area contributed by atoms with Crippen LogP contribution in [0.15, 0.2) is 48.0 Å². The van der Waals surface area contributed by atoms with Gasteiger partial charge < -0.3 is 14.2 Å². The van der Waals surface area contributed by atoms with Crippen LogP contribution in [-0.2, 0) is 9.47 Å². The number of carbonyl (C=O) groups is 1. The molecule has 0 aromatic heterocycles. The molecule has 1 aliphatic carbocycles. The van der Waals surface area contributed by atoms with Gasteiger partial charge in [-0.05, 0) is 25.5 Å². The Bertz CT molecular complexity index is 941. The van der Waals surface area contributed by atoms with Crippen LogP contribution in [0.25, 0.3) is 5.76 Å². The van der Waals surface area contributed by atoms with E-state index in [9.17, 15) is 4.79 Å². The fraction of sp³-hybridized carbons (Fsp3) is 0.318. The van der Waals surface area contributed by atoms with E-state index in [1.165, 1.54) is 22.3 Å². The van der Waals surface area contributed by atoms with Gasteiger partial charge in [0.2, 0.25) is 0 Å². The summed E-state index contributed by atoms with van der Waals surface area (Å²) in [7, 11) is 0. The average Bonchev–Trinajstić information content (AvgIpc) is 3.18. The summed E-state index contributed by atoms with van der Waals surface area (Å²) >= 11 is 0. The third-order valence-electron chi connectivity index (χ3n) is 5.62. The molecular formula is C22H20O4. The average molecular weight is 348 g/mol. The minimum absolute atomic E-state index is 0.185. The van der Waals surface area contributed by atoms with E-state index in [4.69, 9.17) is 14.2 Å². The van der Waals surface area contributed by atoms with Gasteiger partial charge in [0.1, 0.15) is 18.1 Å². The highest BCUT2D eigenvalue weighted by atomic mass is 16.8. The van der Waals surface area contributed by atoms with Crippen molar-refractivity contribution in [2.75, 3.05) is 6.61 Å². The van der Waals surface area contributed by atoms with E-state index >= 15 is 0 Å². The molecule has 1 saturated carbocycles. The molecule has 26 heavy (non-hydrogen) atoms. The molecule has 5 rings (SSSR count). The number of carbonyl (C=O) groups excluding carboxylic acids is 1. The number of hydrogen-bond acceptors (Lipinski definition) is 4. The maximum Gasteiger partial charge on any atom is 0.509 e. The molecule has 2 aromatic rings. The fourth-order valence-corrected chi connectivity index (χ4v) is 4.35. The molecular weight excluding hydrogens is 328 g/mol. The van der Waals surface area contributed by atoms with E-state index in [1.54, 1.807) is 0 Å². The van der Waals surface area contributed by atoms with Crippen LogP contribution in [0.4, 0.5) is 4.79 Å². The number of fused-ring (bicyclic) bond motifs is 3. The standard InChI is InChI=1S/C22H20O4/c1-13-3-6-15(7-4-13)20-18-11-22(12-24-21(23)26-22)10-17(18)16-9-14(2)5-8-19(16)25-20/h3-9,17H,10-12H2,1-2H3/t17-,22+/m1/s1. The van der Waals surface area contributed by atoms with Crippen molar-refractivity contribution >= 4 is 11.9 Å². The molecule has 1 spiro atoms. The SMILES string of the molecule is Cc1ccc(C2=C3C[C@]4(COC(=O)O4)C[C@@H]3c3cc(C)ccc3O2)cc1. The Morgan fingerprint density at radius 2 is 1.81 bits per heavy atom. The molecule has 4 nitrogen and oxygen atoms in total. The van der Waals surface area contributed by atoms with Gasteiger partial charge in [-0.3, -0.25) is 0 Å². The molecule has 0 unspecified atom stereocenters. The maximum atomic E-state index is 11.6. The van der Waals surface area contributed by atoms with Gasteiger partial charge in [-0.25, -0.2) is 4.79 Å². The highest BCUT2D eigenvalue weighted by Crippen LogP contribution is 2.55. The van der Waals surface area contributed by atoms with Gasteiger partial charge in [0.25, 0.3) is 0 Å². The highest BCUT2D eigenvalue weighted by Gasteiger charge is 2.53. The van der Waals surface area contributed by atoms with Gasteiger partial charge in [0.05, 0.1) is 0 Å². The molecule has 0 N–H and O–H groups in total. The monoisotopic (exact) mass is 348 g/mol. The molecule has 0 radical (unpaired) electrons. The van der Waals surface area contributed by atoms with Crippen LogP contribution in [0.1, 0.15) is 41.0 Å². The van der Waals surface area contributed by atoms with Crippen molar-refractivity contribution in [3.63, 3.8) is 0 Å². The van der Waals surface area contributed by atoms with Crippen LogP contribution >= 0.6 is 0 Å². The van der Waals surface area contributed by atoms with Gasteiger partial charge in [-0.2, -0.15) is 0 Å². The second kappa shape index (κ2) is 5.37. The van der Waals surface area contributed by atoms with Crippen molar-refractivity contribution in [3.8, 4) is 5.75 Å². The highest BCUT2D eigenvalue weighted by molar-refractivity contribution is 5.73. The summed E-state index contributed by atoms with van der Waals surface area (Å²) in [6.45, 7) is 4.47. The van der Waals surface area contributed by atoms with Crippen LogP contribution in [0.2, 0.25) is 0 Å². The fourth-order valence-electron chi connectivity index (χ4n) is 4.35. The van der Waals surface area contributed by atoms with Gasteiger partial charge in [0.15, 0.2) is 5.60 Å². The van der Waals surface area contributed by atoms with Crippen molar-refractivity contribution in [3.05, 3.63) is 70.3 Å². The summed E-state index contributed by atoms with van der Waals surface area (Å²) in [6.07, 6.45) is 0.829. The summed E-state index contributed by atoms with van der Waals surface area (Å²) < 4.78 is 17.1. The second-order valence-electron chi connectivity index (χ2n) is 7.62. The lowest BCUT2D eigenvalue weighted by Gasteiger charge is -2.27. The minimum atomic E-state index is -0.568. The Balaban J connectivity index is 1.66. The number of hydrogen-bond donors (Lipinski definition) is 0. The molecule has 3 aliphatic rings. The van der Waals surface area contributed by atoms with E-state index in [0.29, 0.717) is 13.0 Å². The van der Waals surface area contributed by atoms with Crippen molar-refractivity contribution in [1.82, 2.24) is 0 Å². The molecule has 1 saturated heterocycles. The third-order valence-corrected chi connectivity index (χ3v) is 5.62. The minimum Gasteiger partial charge on any atom is -0.456 e. The summed E-state index contributed by atoms with van der Waals surface area (Å²) in [6, 6.07) is 14.7. The first kappa shape index (κ1) is 15.5. The molecule has 2 atom stereocenters. The smallest absolute Gasteiger partial charge is 0.456 e. The predicted molar refractivity (Wildman–Crippen MR) is 97.0 cm³/mol. The second-order valence-corrected chi connectivity index (χ2v) is 7.62.